The number of carbonyl (C=O) groups excluding carboxylic acids is 1. The van der Waals surface area contributed by atoms with Crippen molar-refractivity contribution in [3.05, 3.63) is 59.2 Å². The summed E-state index contributed by atoms with van der Waals surface area (Å²) in [5.41, 5.74) is 7.15. The highest BCUT2D eigenvalue weighted by Gasteiger charge is 2.10. The molecule has 0 unspecified atom stereocenters. The number of hydrogen-bond acceptors (Lipinski definition) is 2. The third-order valence-corrected chi connectivity index (χ3v) is 2.54. The first-order valence-electron chi connectivity index (χ1n) is 5.59. The normalized spacial score (nSPS) is 10.3. The van der Waals surface area contributed by atoms with Crippen molar-refractivity contribution in [3.63, 3.8) is 0 Å². The monoisotopic (exact) mass is 262 g/mol. The highest BCUT2D eigenvalue weighted by atomic mass is 19.1. The fraction of sp³-hybridized carbons (Fsp3) is 0.0714. The van der Waals surface area contributed by atoms with E-state index in [1.807, 2.05) is 0 Å². The smallest absolute Gasteiger partial charge is 0.255 e. The van der Waals surface area contributed by atoms with Crippen molar-refractivity contribution < 1.29 is 13.6 Å². The summed E-state index contributed by atoms with van der Waals surface area (Å²) in [6.07, 6.45) is 0. The summed E-state index contributed by atoms with van der Waals surface area (Å²) in [5.74, 6) is -2.02. The van der Waals surface area contributed by atoms with Crippen LogP contribution in [-0.2, 0) is 0 Å². The van der Waals surface area contributed by atoms with Crippen molar-refractivity contribution in [2.24, 2.45) is 0 Å². The van der Waals surface area contributed by atoms with Gasteiger partial charge in [-0.05, 0) is 42.8 Å². The Kier molecular flexibility index (Phi) is 3.46. The maximum atomic E-state index is 13.4. The zero-order valence-corrected chi connectivity index (χ0v) is 10.2. The van der Waals surface area contributed by atoms with Crippen LogP contribution >= 0.6 is 0 Å². The summed E-state index contributed by atoms with van der Waals surface area (Å²) in [6, 6.07) is 7.79. The van der Waals surface area contributed by atoms with Gasteiger partial charge in [-0.2, -0.15) is 0 Å². The van der Waals surface area contributed by atoms with Gasteiger partial charge in [-0.25, -0.2) is 8.78 Å². The van der Waals surface area contributed by atoms with Crippen LogP contribution in [0.15, 0.2) is 36.4 Å². The van der Waals surface area contributed by atoms with E-state index in [1.165, 1.54) is 12.1 Å². The number of aryl methyl sites for hydroxylation is 1. The van der Waals surface area contributed by atoms with Gasteiger partial charge in [0.05, 0.1) is 5.69 Å². The minimum absolute atomic E-state index is 0.0773. The first kappa shape index (κ1) is 13.0. The largest absolute Gasteiger partial charge is 0.399 e. The lowest BCUT2D eigenvalue weighted by Crippen LogP contribution is -2.13. The molecule has 0 bridgehead atoms. The number of rotatable bonds is 2. The molecule has 98 valence electrons. The van der Waals surface area contributed by atoms with E-state index in [0.29, 0.717) is 17.3 Å². The van der Waals surface area contributed by atoms with Gasteiger partial charge in [0.25, 0.3) is 5.91 Å². The molecule has 3 N–H and O–H groups in total. The second-order valence-corrected chi connectivity index (χ2v) is 4.21. The van der Waals surface area contributed by atoms with E-state index in [4.69, 9.17) is 5.73 Å². The van der Waals surface area contributed by atoms with Crippen LogP contribution in [0.2, 0.25) is 0 Å². The van der Waals surface area contributed by atoms with Crippen LogP contribution in [0.4, 0.5) is 20.2 Å². The number of halogens is 2. The minimum Gasteiger partial charge on any atom is -0.399 e. The van der Waals surface area contributed by atoms with Crippen molar-refractivity contribution in [2.45, 2.75) is 6.92 Å². The Morgan fingerprint density at radius 3 is 2.53 bits per heavy atom. The number of amides is 1. The van der Waals surface area contributed by atoms with Crippen molar-refractivity contribution in [2.75, 3.05) is 11.1 Å². The summed E-state index contributed by atoms with van der Waals surface area (Å²) in [4.78, 5) is 11.9. The second-order valence-electron chi connectivity index (χ2n) is 4.21. The van der Waals surface area contributed by atoms with Crippen molar-refractivity contribution >= 4 is 17.3 Å². The Hall–Kier alpha value is -2.43. The molecule has 0 fully saturated rings. The lowest BCUT2D eigenvalue weighted by atomic mass is 10.1. The summed E-state index contributed by atoms with van der Waals surface area (Å²) < 4.78 is 26.2. The molecule has 0 saturated heterocycles. The van der Waals surface area contributed by atoms with Gasteiger partial charge in [0.2, 0.25) is 0 Å². The van der Waals surface area contributed by atoms with Crippen molar-refractivity contribution in [1.29, 1.82) is 0 Å². The molecule has 0 atom stereocenters. The number of carbonyl (C=O) groups is 1. The first-order chi connectivity index (χ1) is 8.95. The molecule has 0 radical (unpaired) electrons. The lowest BCUT2D eigenvalue weighted by Gasteiger charge is -2.08. The van der Waals surface area contributed by atoms with Crippen LogP contribution in [0.3, 0.4) is 0 Å². The molecule has 5 heteroatoms. The van der Waals surface area contributed by atoms with Gasteiger partial charge in [-0.3, -0.25) is 4.79 Å². The molecule has 0 aromatic heterocycles. The van der Waals surface area contributed by atoms with Crippen molar-refractivity contribution in [3.8, 4) is 0 Å². The molecule has 0 aliphatic carbocycles. The topological polar surface area (TPSA) is 55.1 Å². The van der Waals surface area contributed by atoms with E-state index < -0.39 is 17.5 Å². The Morgan fingerprint density at radius 2 is 1.89 bits per heavy atom. The molecule has 3 nitrogen and oxygen atoms in total. The molecule has 0 aliphatic rings. The summed E-state index contributed by atoms with van der Waals surface area (Å²) in [7, 11) is 0. The zero-order chi connectivity index (χ0) is 14.0. The quantitative estimate of drug-likeness (QED) is 0.817. The zero-order valence-electron chi connectivity index (χ0n) is 10.2. The third-order valence-electron chi connectivity index (χ3n) is 2.54. The maximum absolute atomic E-state index is 13.4. The molecule has 19 heavy (non-hydrogen) atoms. The fourth-order valence-electron chi connectivity index (χ4n) is 1.73. The Morgan fingerprint density at radius 1 is 1.16 bits per heavy atom. The van der Waals surface area contributed by atoms with Crippen LogP contribution in [0, 0.1) is 18.6 Å². The third kappa shape index (κ3) is 3.07. The summed E-state index contributed by atoms with van der Waals surface area (Å²) >= 11 is 0. The number of hydrogen-bond donors (Lipinski definition) is 2. The van der Waals surface area contributed by atoms with Crippen LogP contribution in [0.1, 0.15) is 15.9 Å². The van der Waals surface area contributed by atoms with E-state index in [0.717, 1.165) is 11.6 Å². The van der Waals surface area contributed by atoms with Gasteiger partial charge in [0, 0.05) is 17.3 Å². The maximum Gasteiger partial charge on any atom is 0.255 e. The molecule has 0 spiro atoms. The van der Waals surface area contributed by atoms with Crippen LogP contribution < -0.4 is 11.1 Å². The predicted molar refractivity (Wildman–Crippen MR) is 69.9 cm³/mol. The van der Waals surface area contributed by atoms with Crippen LogP contribution in [-0.4, -0.2) is 5.91 Å². The van der Waals surface area contributed by atoms with Gasteiger partial charge in [-0.15, -0.1) is 0 Å². The van der Waals surface area contributed by atoms with E-state index in [9.17, 15) is 13.6 Å². The number of nitrogens with two attached hydrogens (primary N) is 1. The van der Waals surface area contributed by atoms with Gasteiger partial charge in [0.15, 0.2) is 0 Å². The lowest BCUT2D eigenvalue weighted by molar-refractivity contribution is 0.102. The molecular weight excluding hydrogens is 250 g/mol. The Labute approximate surface area is 109 Å². The van der Waals surface area contributed by atoms with Crippen molar-refractivity contribution in [1.82, 2.24) is 0 Å². The van der Waals surface area contributed by atoms with E-state index in [-0.39, 0.29) is 5.69 Å². The molecule has 2 rings (SSSR count). The van der Waals surface area contributed by atoms with E-state index in [1.54, 1.807) is 19.1 Å². The van der Waals surface area contributed by atoms with Crippen LogP contribution in [0.5, 0.6) is 0 Å². The van der Waals surface area contributed by atoms with Gasteiger partial charge in [-0.1, -0.05) is 0 Å². The standard InChI is InChI=1S/C14H12F2N2O/c1-8-4-9(6-11(17)5-8)14(19)18-13-3-2-10(15)7-12(13)16/h2-7H,17H2,1H3,(H,18,19). The van der Waals surface area contributed by atoms with Crippen LogP contribution in [0.25, 0.3) is 0 Å². The summed E-state index contributed by atoms with van der Waals surface area (Å²) in [6.45, 7) is 1.80. The Balaban J connectivity index is 2.25. The molecule has 1 amide bonds. The average Bonchev–Trinajstić information content (AvgIpc) is 2.31. The molecular formula is C14H12F2N2O. The average molecular weight is 262 g/mol. The highest BCUT2D eigenvalue weighted by molar-refractivity contribution is 6.04. The van der Waals surface area contributed by atoms with Gasteiger partial charge < -0.3 is 11.1 Å². The predicted octanol–water partition coefficient (Wildman–Crippen LogP) is 3.11. The van der Waals surface area contributed by atoms with Gasteiger partial charge >= 0.3 is 0 Å². The molecule has 2 aromatic carbocycles. The molecule has 0 aliphatic heterocycles. The SMILES string of the molecule is Cc1cc(N)cc(C(=O)Nc2ccc(F)cc2F)c1. The summed E-state index contributed by atoms with van der Waals surface area (Å²) in [5, 5.41) is 2.37. The first-order valence-corrected chi connectivity index (χ1v) is 5.59. The second kappa shape index (κ2) is 5.06. The minimum atomic E-state index is -0.825. The van der Waals surface area contributed by atoms with E-state index in [2.05, 4.69) is 5.32 Å². The Bertz CT molecular complexity index is 621. The number of nitrogen functional groups attached to an aromatic ring is 1. The molecule has 0 saturated carbocycles. The van der Waals surface area contributed by atoms with Gasteiger partial charge in [0.1, 0.15) is 11.6 Å². The number of anilines is 2. The molecule has 2 aromatic rings. The highest BCUT2D eigenvalue weighted by Crippen LogP contribution is 2.17. The number of benzene rings is 2. The molecule has 0 heterocycles. The van der Waals surface area contributed by atoms with E-state index >= 15 is 0 Å². The number of nitrogens with one attached hydrogen (secondary N) is 1. The fourth-order valence-corrected chi connectivity index (χ4v) is 1.73.